The highest BCUT2D eigenvalue weighted by molar-refractivity contribution is 9.11. The Morgan fingerprint density at radius 2 is 1.11 bits per heavy atom. The van der Waals surface area contributed by atoms with Crippen LogP contribution in [0.2, 0.25) is 0 Å². The SMILES string of the molecule is OB1c2cccc(Br)c2B(O)c2cccc(Br)c21. The third-order valence-electron chi connectivity index (χ3n) is 3.31. The second-order valence-electron chi connectivity index (χ2n) is 4.29. The molecule has 18 heavy (non-hydrogen) atoms. The quantitative estimate of drug-likeness (QED) is 0.631. The second kappa shape index (κ2) is 4.53. The first-order chi connectivity index (χ1) is 8.61. The molecule has 3 rings (SSSR count). The molecule has 0 atom stereocenters. The summed E-state index contributed by atoms with van der Waals surface area (Å²) in [5.74, 6) is 0. The van der Waals surface area contributed by atoms with E-state index in [0.717, 1.165) is 30.8 Å². The van der Waals surface area contributed by atoms with Crippen molar-refractivity contribution in [2.45, 2.75) is 0 Å². The van der Waals surface area contributed by atoms with Crippen molar-refractivity contribution < 1.29 is 10.0 Å². The van der Waals surface area contributed by atoms with E-state index in [4.69, 9.17) is 0 Å². The second-order valence-corrected chi connectivity index (χ2v) is 6.00. The van der Waals surface area contributed by atoms with Crippen molar-refractivity contribution in [1.82, 2.24) is 0 Å². The number of halogens is 2. The van der Waals surface area contributed by atoms with Crippen LogP contribution in [0.25, 0.3) is 0 Å². The molecule has 0 aliphatic carbocycles. The minimum absolute atomic E-state index is 0.716. The molecule has 1 aliphatic heterocycles. The third kappa shape index (κ3) is 1.71. The summed E-state index contributed by atoms with van der Waals surface area (Å²) in [6.45, 7) is -1.43. The minimum atomic E-state index is -0.716. The standard InChI is InChI=1S/C12H8B2Br2O2/c15-9-5-1-3-7-11(9)14(18)8-4-2-6-10(16)12(8)13(7)17/h1-6,17-18H. The predicted molar refractivity (Wildman–Crippen MR) is 82.8 cm³/mol. The Morgan fingerprint density at radius 1 is 0.722 bits per heavy atom. The molecule has 2 N–H and O–H groups in total. The number of hydrogen-bond acceptors (Lipinski definition) is 2. The van der Waals surface area contributed by atoms with E-state index in [2.05, 4.69) is 31.9 Å². The first-order valence-electron chi connectivity index (χ1n) is 5.54. The van der Waals surface area contributed by atoms with E-state index in [0.29, 0.717) is 0 Å². The molecule has 2 aromatic carbocycles. The summed E-state index contributed by atoms with van der Waals surface area (Å²) in [6.07, 6.45) is 0. The van der Waals surface area contributed by atoms with E-state index in [1.807, 2.05) is 36.4 Å². The van der Waals surface area contributed by atoms with E-state index in [1.165, 1.54) is 0 Å². The zero-order valence-corrected chi connectivity index (χ0v) is 12.4. The van der Waals surface area contributed by atoms with Gasteiger partial charge in [-0.2, -0.15) is 0 Å². The fourth-order valence-electron chi connectivity index (χ4n) is 2.47. The lowest BCUT2D eigenvalue weighted by Crippen LogP contribution is -2.69. The van der Waals surface area contributed by atoms with Gasteiger partial charge in [-0.1, -0.05) is 56.1 Å². The van der Waals surface area contributed by atoms with E-state index in [9.17, 15) is 10.0 Å². The minimum Gasteiger partial charge on any atom is -0.443 e. The lowest BCUT2D eigenvalue weighted by molar-refractivity contribution is 0.591. The molecule has 0 radical (unpaired) electrons. The predicted octanol–water partition coefficient (Wildman–Crippen LogP) is -0.279. The van der Waals surface area contributed by atoms with Crippen LogP contribution in [-0.2, 0) is 0 Å². The van der Waals surface area contributed by atoms with E-state index < -0.39 is 13.8 Å². The van der Waals surface area contributed by atoms with Gasteiger partial charge in [0.2, 0.25) is 0 Å². The van der Waals surface area contributed by atoms with E-state index in [-0.39, 0.29) is 0 Å². The summed E-state index contributed by atoms with van der Waals surface area (Å²) in [5, 5.41) is 20.9. The summed E-state index contributed by atoms with van der Waals surface area (Å²) in [7, 11) is 0. The van der Waals surface area contributed by atoms with Gasteiger partial charge in [-0.25, -0.2) is 0 Å². The number of rotatable bonds is 0. The molecule has 6 heteroatoms. The average molecular weight is 366 g/mol. The molecule has 0 saturated heterocycles. The van der Waals surface area contributed by atoms with Gasteiger partial charge in [0.05, 0.1) is 0 Å². The van der Waals surface area contributed by atoms with Gasteiger partial charge in [-0.15, -0.1) is 0 Å². The molecule has 1 aliphatic rings. The molecular formula is C12H8B2Br2O2. The Hall–Kier alpha value is -0.550. The summed E-state index contributed by atoms with van der Waals surface area (Å²) in [6, 6.07) is 11.2. The van der Waals surface area contributed by atoms with Crippen molar-refractivity contribution in [2.75, 3.05) is 0 Å². The van der Waals surface area contributed by atoms with Gasteiger partial charge >= 0.3 is 13.8 Å². The maximum Gasteiger partial charge on any atom is 0.359 e. The lowest BCUT2D eigenvalue weighted by Gasteiger charge is -2.26. The van der Waals surface area contributed by atoms with Crippen LogP contribution in [0.4, 0.5) is 0 Å². The Kier molecular flexibility index (Phi) is 3.14. The topological polar surface area (TPSA) is 40.5 Å². The van der Waals surface area contributed by atoms with Gasteiger partial charge in [0.1, 0.15) is 0 Å². The van der Waals surface area contributed by atoms with Crippen LogP contribution in [0.15, 0.2) is 45.3 Å². The molecule has 0 fully saturated rings. The average Bonchev–Trinajstić information content (AvgIpc) is 2.35. The van der Waals surface area contributed by atoms with Crippen molar-refractivity contribution >= 4 is 67.5 Å². The highest BCUT2D eigenvalue weighted by Crippen LogP contribution is 2.11. The molecule has 0 saturated carbocycles. The molecule has 2 aromatic rings. The number of benzene rings is 2. The zero-order chi connectivity index (χ0) is 12.9. The molecule has 2 nitrogen and oxygen atoms in total. The Balaban J connectivity index is 2.32. The summed E-state index contributed by atoms with van der Waals surface area (Å²) in [4.78, 5) is 0. The van der Waals surface area contributed by atoms with Crippen molar-refractivity contribution in [3.05, 3.63) is 45.3 Å². The van der Waals surface area contributed by atoms with E-state index in [1.54, 1.807) is 0 Å². The Morgan fingerprint density at radius 3 is 1.50 bits per heavy atom. The van der Waals surface area contributed by atoms with Crippen LogP contribution in [0.3, 0.4) is 0 Å². The molecule has 0 spiro atoms. The Labute approximate surface area is 123 Å². The summed E-state index contributed by atoms with van der Waals surface area (Å²) < 4.78 is 1.63. The fourth-order valence-corrected chi connectivity index (χ4v) is 3.67. The first-order valence-corrected chi connectivity index (χ1v) is 7.12. The largest absolute Gasteiger partial charge is 0.443 e. The molecule has 0 aromatic heterocycles. The maximum atomic E-state index is 10.5. The van der Waals surface area contributed by atoms with Crippen LogP contribution >= 0.6 is 31.9 Å². The first kappa shape index (κ1) is 12.5. The summed E-state index contributed by atoms with van der Waals surface area (Å²) >= 11 is 6.87. The van der Waals surface area contributed by atoms with Crippen LogP contribution in [0, 0.1) is 0 Å². The molecule has 1 heterocycles. The number of fused-ring (bicyclic) bond motifs is 2. The summed E-state index contributed by atoms with van der Waals surface area (Å²) in [5.41, 5.74) is 2.98. The van der Waals surface area contributed by atoms with Crippen molar-refractivity contribution in [2.24, 2.45) is 0 Å². The highest BCUT2D eigenvalue weighted by atomic mass is 79.9. The number of hydrogen-bond donors (Lipinski definition) is 2. The van der Waals surface area contributed by atoms with Gasteiger partial charge in [0, 0.05) is 8.95 Å². The maximum absolute atomic E-state index is 10.5. The molecule has 88 valence electrons. The van der Waals surface area contributed by atoms with E-state index >= 15 is 0 Å². The molecular weight excluding hydrogens is 358 g/mol. The Bertz CT molecular complexity index is 578. The molecule has 0 bridgehead atoms. The van der Waals surface area contributed by atoms with Gasteiger partial charge in [0.15, 0.2) is 0 Å². The van der Waals surface area contributed by atoms with Crippen molar-refractivity contribution in [1.29, 1.82) is 0 Å². The third-order valence-corrected chi connectivity index (χ3v) is 4.69. The highest BCUT2D eigenvalue weighted by Gasteiger charge is 2.38. The van der Waals surface area contributed by atoms with Gasteiger partial charge in [-0.05, 0) is 34.0 Å². The normalized spacial score (nSPS) is 13.3. The van der Waals surface area contributed by atoms with Crippen LogP contribution in [0.1, 0.15) is 0 Å². The van der Waals surface area contributed by atoms with Crippen LogP contribution in [-0.4, -0.2) is 23.9 Å². The van der Waals surface area contributed by atoms with Gasteiger partial charge in [-0.3, -0.25) is 0 Å². The molecule has 0 unspecified atom stereocenters. The molecule has 0 amide bonds. The van der Waals surface area contributed by atoms with Crippen LogP contribution in [0.5, 0.6) is 0 Å². The van der Waals surface area contributed by atoms with Crippen molar-refractivity contribution in [3.8, 4) is 0 Å². The monoisotopic (exact) mass is 364 g/mol. The van der Waals surface area contributed by atoms with Crippen LogP contribution < -0.4 is 21.9 Å². The van der Waals surface area contributed by atoms with Gasteiger partial charge < -0.3 is 10.0 Å². The fraction of sp³-hybridized carbons (Fsp3) is 0. The smallest absolute Gasteiger partial charge is 0.359 e. The van der Waals surface area contributed by atoms with Gasteiger partial charge in [0.25, 0.3) is 0 Å². The zero-order valence-electron chi connectivity index (χ0n) is 9.27. The lowest BCUT2D eigenvalue weighted by atomic mass is 9.36. The van der Waals surface area contributed by atoms with Crippen molar-refractivity contribution in [3.63, 3.8) is 0 Å².